The maximum Gasteiger partial charge on any atom is 0.295 e. The molecule has 8 nitrogen and oxygen atoms in total. The Hall–Kier alpha value is -3.26. The fraction of sp³-hybridized carbons (Fsp3) is 0.440. The number of fused-ring (bicyclic) bond motifs is 1. The van der Waals surface area contributed by atoms with Crippen LogP contribution in [0.1, 0.15) is 31.7 Å². The van der Waals surface area contributed by atoms with E-state index in [1.54, 1.807) is 10.8 Å². The van der Waals surface area contributed by atoms with Gasteiger partial charge in [0.25, 0.3) is 5.56 Å². The van der Waals surface area contributed by atoms with E-state index in [4.69, 9.17) is 4.74 Å². The topological polar surface area (TPSA) is 89.3 Å². The van der Waals surface area contributed by atoms with E-state index in [9.17, 15) is 9.59 Å². The standard InChI is InChI=1S/C25H31N5O3/c1-2-33-17-7-14-27-24(31)20-11-15-29(16-12-20)23-25(32)30(18-19-8-4-3-5-9-19)22-21(28-23)10-6-13-26-22/h3-6,8-10,13,20H,2,7,11-12,14-18H2,1H3,(H,27,31). The summed E-state index contributed by atoms with van der Waals surface area (Å²) in [5, 5.41) is 3.01. The van der Waals surface area contributed by atoms with Crippen molar-refractivity contribution in [2.24, 2.45) is 5.92 Å². The summed E-state index contributed by atoms with van der Waals surface area (Å²) < 4.78 is 7.01. The van der Waals surface area contributed by atoms with Crippen molar-refractivity contribution in [3.63, 3.8) is 0 Å². The summed E-state index contributed by atoms with van der Waals surface area (Å²) in [7, 11) is 0. The lowest BCUT2D eigenvalue weighted by Gasteiger charge is -2.32. The van der Waals surface area contributed by atoms with Crippen molar-refractivity contribution in [1.82, 2.24) is 19.9 Å². The van der Waals surface area contributed by atoms with Crippen LogP contribution < -0.4 is 15.8 Å². The first-order chi connectivity index (χ1) is 16.2. The lowest BCUT2D eigenvalue weighted by atomic mass is 9.96. The number of ether oxygens (including phenoxy) is 1. The van der Waals surface area contributed by atoms with Gasteiger partial charge < -0.3 is 15.0 Å². The van der Waals surface area contributed by atoms with Crippen LogP contribution in [0.5, 0.6) is 0 Å². The van der Waals surface area contributed by atoms with Crippen LogP contribution >= 0.6 is 0 Å². The van der Waals surface area contributed by atoms with E-state index in [0.29, 0.717) is 69.2 Å². The third-order valence-electron chi connectivity index (χ3n) is 6.00. The van der Waals surface area contributed by atoms with E-state index in [-0.39, 0.29) is 17.4 Å². The minimum Gasteiger partial charge on any atom is -0.382 e. The number of hydrogen-bond acceptors (Lipinski definition) is 6. The van der Waals surface area contributed by atoms with Crippen molar-refractivity contribution in [2.45, 2.75) is 32.7 Å². The lowest BCUT2D eigenvalue weighted by molar-refractivity contribution is -0.125. The highest BCUT2D eigenvalue weighted by atomic mass is 16.5. The normalized spacial score (nSPS) is 14.5. The predicted molar refractivity (Wildman–Crippen MR) is 128 cm³/mol. The molecule has 0 bridgehead atoms. The highest BCUT2D eigenvalue weighted by molar-refractivity contribution is 5.79. The third-order valence-corrected chi connectivity index (χ3v) is 6.00. The van der Waals surface area contributed by atoms with Gasteiger partial charge in [-0.25, -0.2) is 9.97 Å². The number of nitrogens with zero attached hydrogens (tertiary/aromatic N) is 4. The molecule has 33 heavy (non-hydrogen) atoms. The van der Waals surface area contributed by atoms with E-state index in [2.05, 4.69) is 15.3 Å². The first-order valence-electron chi connectivity index (χ1n) is 11.7. The fourth-order valence-corrected chi connectivity index (χ4v) is 4.21. The van der Waals surface area contributed by atoms with Crippen LogP contribution in [0.4, 0.5) is 5.82 Å². The smallest absolute Gasteiger partial charge is 0.295 e. The molecular weight excluding hydrogens is 418 g/mol. The number of hydrogen-bond donors (Lipinski definition) is 1. The Balaban J connectivity index is 1.47. The average Bonchev–Trinajstić information content (AvgIpc) is 2.86. The predicted octanol–water partition coefficient (Wildman–Crippen LogP) is 2.60. The molecular formula is C25H31N5O3. The molecule has 0 aliphatic carbocycles. The molecule has 1 aliphatic heterocycles. The van der Waals surface area contributed by atoms with Crippen LogP contribution in [0, 0.1) is 5.92 Å². The lowest BCUT2D eigenvalue weighted by Crippen LogP contribution is -2.43. The summed E-state index contributed by atoms with van der Waals surface area (Å²) in [5.41, 5.74) is 2.15. The first-order valence-corrected chi connectivity index (χ1v) is 11.7. The van der Waals surface area contributed by atoms with E-state index in [1.807, 2.05) is 54.3 Å². The van der Waals surface area contributed by atoms with Crippen LogP contribution in [0.2, 0.25) is 0 Å². The minimum absolute atomic E-state index is 0.0398. The second-order valence-corrected chi connectivity index (χ2v) is 8.26. The molecule has 0 spiro atoms. The summed E-state index contributed by atoms with van der Waals surface area (Å²) in [5.74, 6) is 0.479. The van der Waals surface area contributed by atoms with E-state index in [0.717, 1.165) is 12.0 Å². The van der Waals surface area contributed by atoms with Crippen LogP contribution in [0.15, 0.2) is 53.5 Å². The van der Waals surface area contributed by atoms with Gasteiger partial charge in [-0.1, -0.05) is 30.3 Å². The van der Waals surface area contributed by atoms with Crippen molar-refractivity contribution in [3.05, 3.63) is 64.6 Å². The monoisotopic (exact) mass is 449 g/mol. The SMILES string of the molecule is CCOCCCNC(=O)C1CCN(c2nc3cccnc3n(Cc3ccccc3)c2=O)CC1. The molecule has 3 heterocycles. The summed E-state index contributed by atoms with van der Waals surface area (Å²) >= 11 is 0. The summed E-state index contributed by atoms with van der Waals surface area (Å²) in [6, 6.07) is 13.6. The molecule has 0 saturated carbocycles. The van der Waals surface area contributed by atoms with Crippen molar-refractivity contribution in [3.8, 4) is 0 Å². The maximum atomic E-state index is 13.5. The number of piperidine rings is 1. The van der Waals surface area contributed by atoms with Crippen molar-refractivity contribution in [2.75, 3.05) is 37.7 Å². The summed E-state index contributed by atoms with van der Waals surface area (Å²) in [6.45, 7) is 5.62. The Labute approximate surface area is 193 Å². The average molecular weight is 450 g/mol. The molecule has 1 N–H and O–H groups in total. The van der Waals surface area contributed by atoms with Crippen LogP contribution in [0.3, 0.4) is 0 Å². The Morgan fingerprint density at radius 3 is 2.70 bits per heavy atom. The molecule has 1 amide bonds. The maximum absolute atomic E-state index is 13.5. The molecule has 174 valence electrons. The number of benzene rings is 1. The third kappa shape index (κ3) is 5.57. The number of anilines is 1. The van der Waals surface area contributed by atoms with E-state index >= 15 is 0 Å². The quantitative estimate of drug-likeness (QED) is 0.505. The Kier molecular flexibility index (Phi) is 7.67. The zero-order valence-electron chi connectivity index (χ0n) is 19.1. The van der Waals surface area contributed by atoms with Gasteiger partial charge >= 0.3 is 0 Å². The van der Waals surface area contributed by atoms with Gasteiger partial charge in [-0.05, 0) is 43.9 Å². The Bertz CT molecular complexity index is 1120. The number of carbonyl (C=O) groups is 1. The van der Waals surface area contributed by atoms with Gasteiger partial charge in [-0.3, -0.25) is 14.2 Å². The Morgan fingerprint density at radius 1 is 1.15 bits per heavy atom. The molecule has 1 aliphatic rings. The van der Waals surface area contributed by atoms with Crippen molar-refractivity contribution >= 4 is 22.9 Å². The highest BCUT2D eigenvalue weighted by Crippen LogP contribution is 2.22. The molecule has 3 aromatic rings. The number of carbonyl (C=O) groups excluding carboxylic acids is 1. The van der Waals surface area contributed by atoms with Crippen LogP contribution in [-0.4, -0.2) is 53.3 Å². The first kappa shape index (κ1) is 22.9. The van der Waals surface area contributed by atoms with Crippen molar-refractivity contribution < 1.29 is 9.53 Å². The number of rotatable bonds is 9. The second-order valence-electron chi connectivity index (χ2n) is 8.26. The molecule has 8 heteroatoms. The van der Waals surface area contributed by atoms with Gasteiger partial charge in [0, 0.05) is 45.0 Å². The van der Waals surface area contributed by atoms with Gasteiger partial charge in [-0.15, -0.1) is 0 Å². The molecule has 4 rings (SSSR count). The molecule has 1 aromatic carbocycles. The van der Waals surface area contributed by atoms with Crippen LogP contribution in [0.25, 0.3) is 11.2 Å². The summed E-state index contributed by atoms with van der Waals surface area (Å²) in [6.07, 6.45) is 3.89. The van der Waals surface area contributed by atoms with Gasteiger partial charge in [0.2, 0.25) is 5.91 Å². The Morgan fingerprint density at radius 2 is 1.94 bits per heavy atom. The largest absolute Gasteiger partial charge is 0.382 e. The zero-order chi connectivity index (χ0) is 23.0. The number of amides is 1. The molecule has 0 unspecified atom stereocenters. The number of pyridine rings is 1. The minimum atomic E-state index is -0.149. The molecule has 2 aromatic heterocycles. The van der Waals surface area contributed by atoms with Gasteiger partial charge in [0.05, 0.1) is 6.54 Å². The van der Waals surface area contributed by atoms with Gasteiger partial charge in [0.1, 0.15) is 5.52 Å². The molecule has 1 saturated heterocycles. The van der Waals surface area contributed by atoms with Crippen molar-refractivity contribution in [1.29, 1.82) is 0 Å². The number of nitrogens with one attached hydrogen (secondary N) is 1. The fourth-order valence-electron chi connectivity index (χ4n) is 4.21. The molecule has 0 radical (unpaired) electrons. The van der Waals surface area contributed by atoms with E-state index in [1.165, 1.54) is 0 Å². The van der Waals surface area contributed by atoms with Crippen LogP contribution in [-0.2, 0) is 16.1 Å². The second kappa shape index (κ2) is 11.0. The zero-order valence-corrected chi connectivity index (χ0v) is 19.1. The molecule has 0 atom stereocenters. The summed E-state index contributed by atoms with van der Waals surface area (Å²) in [4.78, 5) is 37.1. The highest BCUT2D eigenvalue weighted by Gasteiger charge is 2.27. The molecule has 1 fully saturated rings. The van der Waals surface area contributed by atoms with E-state index < -0.39 is 0 Å². The van der Waals surface area contributed by atoms with Gasteiger partial charge in [-0.2, -0.15) is 0 Å². The van der Waals surface area contributed by atoms with Gasteiger partial charge in [0.15, 0.2) is 11.5 Å². The number of aromatic nitrogens is 3.